The fourth-order valence-corrected chi connectivity index (χ4v) is 5.02. The van der Waals surface area contributed by atoms with Gasteiger partial charge >= 0.3 is 0 Å². The standard InChI is InChI=1S/C21H22N2O4/c24-17(22-7-9-27-10-8-22)11-13-1-5-16(6-2-13)23-20(25)18-14-3-4-15(12-14)19(18)21(23)26/h1-6,14-15,18-19H,7-12H2. The van der Waals surface area contributed by atoms with E-state index in [4.69, 9.17) is 4.74 Å². The number of nitrogens with zero attached hydrogens (tertiary/aromatic N) is 2. The first-order chi connectivity index (χ1) is 13.1. The Morgan fingerprint density at radius 2 is 1.56 bits per heavy atom. The van der Waals surface area contributed by atoms with Crippen molar-refractivity contribution in [1.82, 2.24) is 4.90 Å². The maximum atomic E-state index is 12.9. The molecule has 1 aromatic rings. The number of imide groups is 1. The van der Waals surface area contributed by atoms with Gasteiger partial charge in [-0.15, -0.1) is 0 Å². The lowest BCUT2D eigenvalue weighted by molar-refractivity contribution is -0.134. The van der Waals surface area contributed by atoms with Gasteiger partial charge in [0, 0.05) is 13.1 Å². The Morgan fingerprint density at radius 3 is 2.15 bits per heavy atom. The van der Waals surface area contributed by atoms with E-state index in [0.29, 0.717) is 38.4 Å². The molecule has 4 atom stereocenters. The third kappa shape index (κ3) is 2.62. The lowest BCUT2D eigenvalue weighted by atomic mass is 9.85. The number of ether oxygens (including phenoxy) is 1. The molecule has 0 spiro atoms. The third-order valence-electron chi connectivity index (χ3n) is 6.38. The maximum Gasteiger partial charge on any atom is 0.238 e. The second-order valence-electron chi connectivity index (χ2n) is 7.85. The van der Waals surface area contributed by atoms with E-state index >= 15 is 0 Å². The molecule has 2 heterocycles. The molecule has 4 aliphatic rings. The number of anilines is 1. The molecule has 140 valence electrons. The van der Waals surface area contributed by atoms with Crippen LogP contribution in [0.25, 0.3) is 0 Å². The fourth-order valence-electron chi connectivity index (χ4n) is 5.02. The second kappa shape index (κ2) is 6.30. The van der Waals surface area contributed by atoms with E-state index in [2.05, 4.69) is 12.2 Å². The average Bonchev–Trinajstić information content (AvgIpc) is 3.37. The highest BCUT2D eigenvalue weighted by Crippen LogP contribution is 2.53. The molecular weight excluding hydrogens is 344 g/mol. The first-order valence-corrected chi connectivity index (χ1v) is 9.64. The number of amides is 3. The van der Waals surface area contributed by atoms with Gasteiger partial charge in [0.2, 0.25) is 17.7 Å². The Balaban J connectivity index is 1.30. The zero-order valence-electron chi connectivity index (χ0n) is 15.0. The molecule has 1 saturated carbocycles. The van der Waals surface area contributed by atoms with Crippen molar-refractivity contribution < 1.29 is 19.1 Å². The summed E-state index contributed by atoms with van der Waals surface area (Å²) < 4.78 is 5.28. The van der Waals surface area contributed by atoms with Crippen LogP contribution in [0.5, 0.6) is 0 Å². The molecule has 0 radical (unpaired) electrons. The summed E-state index contributed by atoms with van der Waals surface area (Å²) in [6.07, 6.45) is 5.45. The fraction of sp³-hybridized carbons (Fsp3) is 0.476. The van der Waals surface area contributed by atoms with E-state index in [1.807, 2.05) is 17.0 Å². The summed E-state index contributed by atoms with van der Waals surface area (Å²) in [4.78, 5) is 41.3. The van der Waals surface area contributed by atoms with Gasteiger partial charge in [-0.05, 0) is 36.0 Å². The normalized spacial score (nSPS) is 31.7. The van der Waals surface area contributed by atoms with E-state index in [1.165, 1.54) is 4.90 Å². The number of fused-ring (bicyclic) bond motifs is 5. The Kier molecular flexibility index (Phi) is 3.90. The Morgan fingerprint density at radius 1 is 0.963 bits per heavy atom. The number of rotatable bonds is 3. The number of hydrogen-bond acceptors (Lipinski definition) is 4. The van der Waals surface area contributed by atoms with E-state index < -0.39 is 0 Å². The maximum absolute atomic E-state index is 12.9. The largest absolute Gasteiger partial charge is 0.378 e. The Labute approximate surface area is 157 Å². The van der Waals surface area contributed by atoms with Crippen LogP contribution in [0, 0.1) is 23.7 Å². The van der Waals surface area contributed by atoms with Crippen LogP contribution in [0.4, 0.5) is 5.69 Å². The molecule has 6 heteroatoms. The smallest absolute Gasteiger partial charge is 0.238 e. The molecule has 2 saturated heterocycles. The van der Waals surface area contributed by atoms with Crippen molar-refractivity contribution in [3.63, 3.8) is 0 Å². The first-order valence-electron chi connectivity index (χ1n) is 9.64. The zero-order chi connectivity index (χ0) is 18.5. The highest BCUT2D eigenvalue weighted by atomic mass is 16.5. The predicted molar refractivity (Wildman–Crippen MR) is 97.8 cm³/mol. The minimum absolute atomic E-state index is 0.0704. The van der Waals surface area contributed by atoms with Gasteiger partial charge in [-0.3, -0.25) is 19.3 Å². The SMILES string of the molecule is O=C(Cc1ccc(N2C(=O)C3C4C=CC(C4)C3C2=O)cc1)N1CCOCC1. The van der Waals surface area contributed by atoms with Crippen molar-refractivity contribution >= 4 is 23.4 Å². The van der Waals surface area contributed by atoms with Crippen molar-refractivity contribution in [3.8, 4) is 0 Å². The van der Waals surface area contributed by atoms with E-state index in [9.17, 15) is 14.4 Å². The molecule has 2 aliphatic carbocycles. The van der Waals surface area contributed by atoms with Gasteiger partial charge in [0.05, 0.1) is 37.2 Å². The minimum atomic E-state index is -0.185. The van der Waals surface area contributed by atoms with Crippen LogP contribution in [-0.4, -0.2) is 48.9 Å². The summed E-state index contributed by atoms with van der Waals surface area (Å²) in [5, 5.41) is 0. The van der Waals surface area contributed by atoms with Crippen molar-refractivity contribution in [2.24, 2.45) is 23.7 Å². The van der Waals surface area contributed by atoms with Gasteiger partial charge in [-0.1, -0.05) is 24.3 Å². The van der Waals surface area contributed by atoms with Crippen molar-refractivity contribution in [2.75, 3.05) is 31.2 Å². The lowest BCUT2D eigenvalue weighted by Crippen LogP contribution is -2.41. The molecule has 3 fully saturated rings. The topological polar surface area (TPSA) is 66.9 Å². The zero-order valence-corrected chi connectivity index (χ0v) is 15.0. The quantitative estimate of drug-likeness (QED) is 0.599. The number of carbonyl (C=O) groups is 3. The van der Waals surface area contributed by atoms with Crippen LogP contribution in [0.15, 0.2) is 36.4 Å². The summed E-state index contributed by atoms with van der Waals surface area (Å²) in [7, 11) is 0. The summed E-state index contributed by atoms with van der Waals surface area (Å²) >= 11 is 0. The van der Waals surface area contributed by atoms with E-state index in [0.717, 1.165) is 12.0 Å². The number of carbonyl (C=O) groups excluding carboxylic acids is 3. The van der Waals surface area contributed by atoms with Crippen molar-refractivity contribution in [1.29, 1.82) is 0 Å². The van der Waals surface area contributed by atoms with Gasteiger partial charge in [-0.25, -0.2) is 0 Å². The molecule has 4 unspecified atom stereocenters. The average molecular weight is 366 g/mol. The van der Waals surface area contributed by atoms with Gasteiger partial charge in [-0.2, -0.15) is 0 Å². The van der Waals surface area contributed by atoms with Crippen LogP contribution in [0.2, 0.25) is 0 Å². The molecule has 2 bridgehead atoms. The number of hydrogen-bond donors (Lipinski definition) is 0. The molecule has 0 aromatic heterocycles. The molecule has 0 N–H and O–H groups in total. The first kappa shape index (κ1) is 16.7. The molecule has 3 amide bonds. The number of allylic oxidation sites excluding steroid dienone is 2. The molecule has 5 rings (SSSR count). The second-order valence-corrected chi connectivity index (χ2v) is 7.85. The van der Waals surface area contributed by atoms with Crippen molar-refractivity contribution in [2.45, 2.75) is 12.8 Å². The predicted octanol–water partition coefficient (Wildman–Crippen LogP) is 1.40. The summed E-state index contributed by atoms with van der Waals surface area (Å²) in [6.45, 7) is 2.44. The summed E-state index contributed by atoms with van der Waals surface area (Å²) in [5.74, 6) is -0.00146. The molecule has 2 aliphatic heterocycles. The van der Waals surface area contributed by atoms with Crippen molar-refractivity contribution in [3.05, 3.63) is 42.0 Å². The summed E-state index contributed by atoms with van der Waals surface area (Å²) in [6, 6.07) is 7.26. The lowest BCUT2D eigenvalue weighted by Gasteiger charge is -2.27. The van der Waals surface area contributed by atoms with Gasteiger partial charge < -0.3 is 9.64 Å². The van der Waals surface area contributed by atoms with Gasteiger partial charge in [0.1, 0.15) is 0 Å². The monoisotopic (exact) mass is 366 g/mol. The molecular formula is C21H22N2O4. The van der Waals surface area contributed by atoms with Crippen LogP contribution in [0.1, 0.15) is 12.0 Å². The molecule has 27 heavy (non-hydrogen) atoms. The summed E-state index contributed by atoms with van der Waals surface area (Å²) in [5.41, 5.74) is 1.50. The van der Waals surface area contributed by atoms with Crippen LogP contribution in [-0.2, 0) is 25.5 Å². The van der Waals surface area contributed by atoms with Gasteiger partial charge in [0.15, 0.2) is 0 Å². The van der Waals surface area contributed by atoms with E-state index in [-0.39, 0.29) is 41.4 Å². The van der Waals surface area contributed by atoms with Gasteiger partial charge in [0.25, 0.3) is 0 Å². The van der Waals surface area contributed by atoms with Crippen LogP contribution in [0.3, 0.4) is 0 Å². The number of morpholine rings is 1. The highest BCUT2D eigenvalue weighted by molar-refractivity contribution is 6.22. The van der Waals surface area contributed by atoms with Crippen LogP contribution < -0.4 is 4.90 Å². The molecule has 6 nitrogen and oxygen atoms in total. The highest BCUT2D eigenvalue weighted by Gasteiger charge is 2.59. The molecule has 1 aromatic carbocycles. The minimum Gasteiger partial charge on any atom is -0.378 e. The Bertz CT molecular complexity index is 795. The van der Waals surface area contributed by atoms with E-state index in [1.54, 1.807) is 12.1 Å². The Hall–Kier alpha value is -2.47. The van der Waals surface area contributed by atoms with Crippen LogP contribution >= 0.6 is 0 Å². The number of benzene rings is 1. The third-order valence-corrected chi connectivity index (χ3v) is 6.38.